The van der Waals surface area contributed by atoms with Crippen LogP contribution in [0, 0.1) is 0 Å². The Morgan fingerprint density at radius 2 is 2.14 bits per heavy atom. The summed E-state index contributed by atoms with van der Waals surface area (Å²) in [6, 6.07) is 11.5. The van der Waals surface area contributed by atoms with Crippen molar-refractivity contribution < 1.29 is 9.53 Å². The number of amides is 1. The molecule has 0 radical (unpaired) electrons. The highest BCUT2D eigenvalue weighted by atomic mass is 32.1. The second-order valence-electron chi connectivity index (χ2n) is 6.95. The maximum absolute atomic E-state index is 12.7. The average molecular weight is 410 g/mol. The molecule has 1 unspecified atom stereocenters. The molecule has 0 saturated carbocycles. The van der Waals surface area contributed by atoms with Crippen molar-refractivity contribution in [1.29, 1.82) is 0 Å². The lowest BCUT2D eigenvalue weighted by molar-refractivity contribution is -0.122. The Balaban J connectivity index is 1.40. The Bertz CT molecular complexity index is 962. The largest absolute Gasteiger partial charge is 0.497 e. The molecule has 1 aromatic carbocycles. The summed E-state index contributed by atoms with van der Waals surface area (Å²) < 4.78 is 9.79. The monoisotopic (exact) mass is 409 g/mol. The fraction of sp³-hybridized carbons (Fsp3) is 0.333. The van der Waals surface area contributed by atoms with Crippen LogP contribution < -0.4 is 15.0 Å². The van der Waals surface area contributed by atoms with Crippen molar-refractivity contribution in [1.82, 2.24) is 19.7 Å². The van der Waals surface area contributed by atoms with Crippen LogP contribution in [-0.4, -0.2) is 39.9 Å². The summed E-state index contributed by atoms with van der Waals surface area (Å²) in [6.45, 7) is 1.32. The quantitative estimate of drug-likeness (QED) is 0.646. The molecule has 150 valence electrons. The molecule has 2 aromatic heterocycles. The van der Waals surface area contributed by atoms with Crippen LogP contribution in [0.4, 0.5) is 5.13 Å². The molecule has 8 heteroatoms. The van der Waals surface area contributed by atoms with E-state index in [9.17, 15) is 4.79 Å². The van der Waals surface area contributed by atoms with Crippen LogP contribution in [0.25, 0.3) is 0 Å². The number of nitrogens with one attached hydrogen (secondary N) is 1. The molecule has 1 aliphatic rings. The van der Waals surface area contributed by atoms with E-state index in [2.05, 4.69) is 19.6 Å². The number of benzene rings is 1. The molecule has 1 fully saturated rings. The van der Waals surface area contributed by atoms with Gasteiger partial charge in [-0.05, 0) is 48.2 Å². The van der Waals surface area contributed by atoms with E-state index in [1.165, 1.54) is 11.5 Å². The van der Waals surface area contributed by atoms with Gasteiger partial charge < -0.3 is 15.0 Å². The van der Waals surface area contributed by atoms with Crippen molar-refractivity contribution >= 4 is 22.6 Å². The van der Waals surface area contributed by atoms with E-state index in [0.29, 0.717) is 13.0 Å². The molecule has 1 N–H and O–H groups in total. The third-order valence-corrected chi connectivity index (χ3v) is 5.76. The molecule has 0 spiro atoms. The highest BCUT2D eigenvalue weighted by Gasteiger charge is 2.32. The summed E-state index contributed by atoms with van der Waals surface area (Å²) in [4.78, 5) is 23.5. The smallest absolute Gasteiger partial charge is 0.243 e. The average Bonchev–Trinajstić information content (AvgIpc) is 3.42. The number of pyridine rings is 1. The number of hydrogen-bond donors (Lipinski definition) is 1. The molecule has 0 bridgehead atoms. The molecule has 1 atom stereocenters. The molecule has 7 nitrogen and oxygen atoms in total. The summed E-state index contributed by atoms with van der Waals surface area (Å²) in [5.41, 5.74) is 2.14. The first-order valence-electron chi connectivity index (χ1n) is 9.61. The minimum absolute atomic E-state index is 0.0313. The summed E-state index contributed by atoms with van der Waals surface area (Å²) in [5.74, 6) is 1.62. The van der Waals surface area contributed by atoms with Crippen molar-refractivity contribution in [3.05, 3.63) is 65.7 Å². The van der Waals surface area contributed by atoms with Gasteiger partial charge in [-0.2, -0.15) is 4.37 Å². The second-order valence-corrected chi connectivity index (χ2v) is 7.68. The van der Waals surface area contributed by atoms with E-state index < -0.39 is 0 Å². The fourth-order valence-corrected chi connectivity index (χ4v) is 4.24. The minimum atomic E-state index is -0.200. The Labute approximate surface area is 173 Å². The summed E-state index contributed by atoms with van der Waals surface area (Å²) in [5, 5.41) is 3.84. The summed E-state index contributed by atoms with van der Waals surface area (Å²) >= 11 is 1.36. The number of nitrogens with zero attached hydrogens (tertiary/aromatic N) is 4. The molecule has 29 heavy (non-hydrogen) atoms. The Kier molecular flexibility index (Phi) is 6.00. The Hall–Kier alpha value is -3.00. The lowest BCUT2D eigenvalue weighted by Gasteiger charge is -2.22. The minimum Gasteiger partial charge on any atom is -0.497 e. The van der Waals surface area contributed by atoms with E-state index in [1.807, 2.05) is 36.4 Å². The van der Waals surface area contributed by atoms with Crippen molar-refractivity contribution in [3.63, 3.8) is 0 Å². The highest BCUT2D eigenvalue weighted by molar-refractivity contribution is 7.09. The molecular weight excluding hydrogens is 386 g/mol. The van der Waals surface area contributed by atoms with Gasteiger partial charge in [0.05, 0.1) is 7.11 Å². The first-order chi connectivity index (χ1) is 14.2. The number of carbonyl (C=O) groups is 1. The van der Waals surface area contributed by atoms with E-state index in [1.54, 1.807) is 19.5 Å². The lowest BCUT2D eigenvalue weighted by atomic mass is 10.1. The topological polar surface area (TPSA) is 80.2 Å². The number of aromatic nitrogens is 3. The molecule has 4 rings (SSSR count). The zero-order valence-electron chi connectivity index (χ0n) is 16.2. The van der Waals surface area contributed by atoms with Crippen LogP contribution in [0.1, 0.15) is 29.8 Å². The number of rotatable bonds is 7. The lowest BCUT2D eigenvalue weighted by Crippen LogP contribution is -2.43. The van der Waals surface area contributed by atoms with E-state index in [-0.39, 0.29) is 11.9 Å². The SMILES string of the molecule is COc1cccc(Cc2nsc(N3CCCC3C(=O)NCc3ccncc3)n2)c1. The number of anilines is 1. The normalized spacial score (nSPS) is 16.0. The van der Waals surface area contributed by atoms with Crippen LogP contribution in [-0.2, 0) is 17.8 Å². The Morgan fingerprint density at radius 1 is 1.28 bits per heavy atom. The van der Waals surface area contributed by atoms with Crippen molar-refractivity contribution in [2.24, 2.45) is 0 Å². The molecule has 1 amide bonds. The van der Waals surface area contributed by atoms with Gasteiger partial charge in [-0.3, -0.25) is 9.78 Å². The van der Waals surface area contributed by atoms with Crippen LogP contribution in [0.15, 0.2) is 48.8 Å². The third-order valence-electron chi connectivity index (χ3n) is 4.97. The van der Waals surface area contributed by atoms with Crippen molar-refractivity contribution in [2.75, 3.05) is 18.6 Å². The van der Waals surface area contributed by atoms with Gasteiger partial charge in [0.2, 0.25) is 11.0 Å². The fourth-order valence-electron chi connectivity index (χ4n) is 3.47. The van der Waals surface area contributed by atoms with Crippen molar-refractivity contribution in [3.8, 4) is 5.75 Å². The zero-order chi connectivity index (χ0) is 20.1. The molecule has 3 aromatic rings. The number of carbonyl (C=O) groups excluding carboxylic acids is 1. The number of hydrogen-bond acceptors (Lipinski definition) is 7. The van der Waals surface area contributed by atoms with Gasteiger partial charge in [0.1, 0.15) is 17.6 Å². The summed E-state index contributed by atoms with van der Waals surface area (Å²) in [6.07, 6.45) is 5.90. The van der Waals surface area contributed by atoms with Crippen LogP contribution in [0.5, 0.6) is 5.75 Å². The first kappa shape index (κ1) is 19.3. The van der Waals surface area contributed by atoms with Crippen LogP contribution in [0.3, 0.4) is 0 Å². The third kappa shape index (κ3) is 4.71. The molecule has 1 saturated heterocycles. The maximum atomic E-state index is 12.7. The van der Waals surface area contributed by atoms with Crippen LogP contribution >= 0.6 is 11.5 Å². The number of methoxy groups -OCH3 is 1. The van der Waals surface area contributed by atoms with Gasteiger partial charge in [-0.1, -0.05) is 12.1 Å². The first-order valence-corrected chi connectivity index (χ1v) is 10.4. The maximum Gasteiger partial charge on any atom is 0.243 e. The van der Waals surface area contributed by atoms with E-state index in [4.69, 9.17) is 9.72 Å². The van der Waals surface area contributed by atoms with Gasteiger partial charge in [-0.15, -0.1) is 0 Å². The van der Waals surface area contributed by atoms with Gasteiger partial charge in [0.15, 0.2) is 0 Å². The molecular formula is C21H23N5O2S. The second kappa shape index (κ2) is 9.00. The number of ether oxygens (including phenoxy) is 1. The molecule has 0 aliphatic carbocycles. The van der Waals surface area contributed by atoms with E-state index in [0.717, 1.165) is 47.2 Å². The highest BCUT2D eigenvalue weighted by Crippen LogP contribution is 2.28. The molecule has 3 heterocycles. The Morgan fingerprint density at radius 3 is 2.97 bits per heavy atom. The van der Waals surface area contributed by atoms with E-state index >= 15 is 0 Å². The van der Waals surface area contributed by atoms with Gasteiger partial charge >= 0.3 is 0 Å². The standard InChI is InChI=1S/C21H23N5O2S/c1-28-17-5-2-4-16(12-17)13-19-24-21(29-25-19)26-11-3-6-18(26)20(27)23-14-15-7-9-22-10-8-15/h2,4-5,7-10,12,18H,3,6,11,13-14H2,1H3,(H,23,27). The summed E-state index contributed by atoms with van der Waals surface area (Å²) in [7, 11) is 1.66. The van der Waals surface area contributed by atoms with Gasteiger partial charge in [0.25, 0.3) is 0 Å². The van der Waals surface area contributed by atoms with Gasteiger partial charge in [0, 0.05) is 43.4 Å². The zero-order valence-corrected chi connectivity index (χ0v) is 17.1. The predicted octanol–water partition coefficient (Wildman–Crippen LogP) is 2.82. The predicted molar refractivity (Wildman–Crippen MR) is 112 cm³/mol. The van der Waals surface area contributed by atoms with Crippen molar-refractivity contribution in [2.45, 2.75) is 31.8 Å². The van der Waals surface area contributed by atoms with Gasteiger partial charge in [-0.25, -0.2) is 4.98 Å². The van der Waals surface area contributed by atoms with Crippen LogP contribution in [0.2, 0.25) is 0 Å². The molecule has 1 aliphatic heterocycles.